The van der Waals surface area contributed by atoms with Crippen molar-refractivity contribution in [3.8, 4) is 0 Å². The summed E-state index contributed by atoms with van der Waals surface area (Å²) < 4.78 is 19.0. The highest BCUT2D eigenvalue weighted by atomic mass is 32.1. The minimum absolute atomic E-state index is 0.00127. The van der Waals surface area contributed by atoms with Crippen molar-refractivity contribution < 1.29 is 18.7 Å². The van der Waals surface area contributed by atoms with Gasteiger partial charge in [-0.05, 0) is 35.6 Å². The second-order valence-electron chi connectivity index (χ2n) is 8.97. The van der Waals surface area contributed by atoms with Crippen LogP contribution in [0.15, 0.2) is 41.8 Å². The van der Waals surface area contributed by atoms with Crippen molar-refractivity contribution in [2.45, 2.75) is 25.0 Å². The molecule has 2 aromatic rings. The zero-order valence-corrected chi connectivity index (χ0v) is 20.7. The van der Waals surface area contributed by atoms with Crippen LogP contribution < -0.4 is 11.1 Å². The number of nitrogens with one attached hydrogen (secondary N) is 1. The first-order valence-corrected chi connectivity index (χ1v) is 13.0. The monoisotopic (exact) mass is 503 g/mol. The number of benzene rings is 1. The van der Waals surface area contributed by atoms with Crippen LogP contribution in [0.4, 0.5) is 4.39 Å². The minimum Gasteiger partial charge on any atom is -0.379 e. The van der Waals surface area contributed by atoms with E-state index >= 15 is 0 Å². The highest BCUT2D eigenvalue weighted by Crippen LogP contribution is 2.27. The number of rotatable bonds is 10. The number of nitrogens with zero attached hydrogens (tertiary/aromatic N) is 3. The largest absolute Gasteiger partial charge is 0.379 e. The fraction of sp³-hybridized carbons (Fsp3) is 0.520. The Bertz CT molecular complexity index is 953. The Morgan fingerprint density at radius 2 is 1.97 bits per heavy atom. The van der Waals surface area contributed by atoms with Crippen molar-refractivity contribution in [1.29, 1.82) is 0 Å². The second kappa shape index (κ2) is 12.5. The van der Waals surface area contributed by atoms with Crippen LogP contribution in [-0.2, 0) is 16.1 Å². The van der Waals surface area contributed by atoms with E-state index in [1.807, 2.05) is 11.4 Å². The first kappa shape index (κ1) is 25.7. The molecular weight excluding hydrogens is 469 g/mol. The van der Waals surface area contributed by atoms with E-state index in [4.69, 9.17) is 10.5 Å². The molecule has 10 heteroatoms. The molecule has 0 radical (unpaired) electrons. The molecule has 2 fully saturated rings. The van der Waals surface area contributed by atoms with Gasteiger partial charge in [0.15, 0.2) is 0 Å². The van der Waals surface area contributed by atoms with Gasteiger partial charge in [0, 0.05) is 58.4 Å². The van der Waals surface area contributed by atoms with E-state index in [0.717, 1.165) is 45.0 Å². The van der Waals surface area contributed by atoms with E-state index < -0.39 is 6.04 Å². The molecule has 1 aromatic heterocycles. The summed E-state index contributed by atoms with van der Waals surface area (Å²) in [5.74, 6) is -0.554. The summed E-state index contributed by atoms with van der Waals surface area (Å²) >= 11 is 1.38. The summed E-state index contributed by atoms with van der Waals surface area (Å²) in [5.41, 5.74) is 6.59. The SMILES string of the molecule is NCCNC(=O)C1CC(N(CCN2CCOCC2)Cc2ccc(F)cc2)CN1C(=O)c1cccs1. The molecule has 8 nitrogen and oxygen atoms in total. The molecule has 0 aliphatic carbocycles. The maximum atomic E-state index is 13.5. The average molecular weight is 504 g/mol. The van der Waals surface area contributed by atoms with Crippen molar-refractivity contribution in [3.63, 3.8) is 0 Å². The van der Waals surface area contributed by atoms with E-state index in [1.54, 1.807) is 23.1 Å². The van der Waals surface area contributed by atoms with Gasteiger partial charge in [0.05, 0.1) is 18.1 Å². The number of halogens is 1. The van der Waals surface area contributed by atoms with Gasteiger partial charge < -0.3 is 20.7 Å². The van der Waals surface area contributed by atoms with Gasteiger partial charge in [0.2, 0.25) is 5.91 Å². The zero-order chi connectivity index (χ0) is 24.6. The lowest BCUT2D eigenvalue weighted by Gasteiger charge is -2.33. The first-order valence-electron chi connectivity index (χ1n) is 12.2. The van der Waals surface area contributed by atoms with Crippen molar-refractivity contribution in [3.05, 3.63) is 58.0 Å². The van der Waals surface area contributed by atoms with Crippen LogP contribution in [0.25, 0.3) is 0 Å². The molecule has 190 valence electrons. The number of likely N-dealkylation sites (tertiary alicyclic amines) is 1. The summed E-state index contributed by atoms with van der Waals surface area (Å²) in [4.78, 5) is 33.4. The normalized spacial score (nSPS) is 20.9. The second-order valence-corrected chi connectivity index (χ2v) is 9.92. The number of ether oxygens (including phenoxy) is 1. The number of hydrogen-bond donors (Lipinski definition) is 2. The molecule has 2 aliphatic heterocycles. The third-order valence-electron chi connectivity index (χ3n) is 6.64. The predicted octanol–water partition coefficient (Wildman–Crippen LogP) is 1.38. The fourth-order valence-electron chi connectivity index (χ4n) is 4.72. The molecule has 1 aromatic carbocycles. The Morgan fingerprint density at radius 1 is 1.20 bits per heavy atom. The molecular formula is C25H34FN5O3S. The lowest BCUT2D eigenvalue weighted by atomic mass is 10.1. The predicted molar refractivity (Wildman–Crippen MR) is 134 cm³/mol. The summed E-state index contributed by atoms with van der Waals surface area (Å²) in [6.07, 6.45) is 0.540. The Hall–Kier alpha value is -2.37. The zero-order valence-electron chi connectivity index (χ0n) is 19.9. The molecule has 3 N–H and O–H groups in total. The van der Waals surface area contributed by atoms with Gasteiger partial charge in [-0.25, -0.2) is 4.39 Å². The van der Waals surface area contributed by atoms with Crippen LogP contribution in [0, 0.1) is 5.82 Å². The van der Waals surface area contributed by atoms with Crippen molar-refractivity contribution in [2.75, 3.05) is 59.0 Å². The number of hydrogen-bond acceptors (Lipinski definition) is 7. The van der Waals surface area contributed by atoms with E-state index in [9.17, 15) is 14.0 Å². The Labute approximate surface area is 209 Å². The lowest BCUT2D eigenvalue weighted by Crippen LogP contribution is -2.47. The van der Waals surface area contributed by atoms with Crippen molar-refractivity contribution >= 4 is 23.2 Å². The van der Waals surface area contributed by atoms with Crippen molar-refractivity contribution in [1.82, 2.24) is 20.0 Å². The van der Waals surface area contributed by atoms with Crippen molar-refractivity contribution in [2.24, 2.45) is 5.73 Å². The number of thiophene rings is 1. The maximum Gasteiger partial charge on any atom is 0.264 e. The highest BCUT2D eigenvalue weighted by molar-refractivity contribution is 7.12. The van der Waals surface area contributed by atoms with Crippen LogP contribution in [0.1, 0.15) is 21.7 Å². The molecule has 2 unspecified atom stereocenters. The smallest absolute Gasteiger partial charge is 0.264 e. The minimum atomic E-state index is -0.555. The van der Waals surface area contributed by atoms with E-state index in [-0.39, 0.29) is 23.7 Å². The topological polar surface area (TPSA) is 91.1 Å². The summed E-state index contributed by atoms with van der Waals surface area (Å²) in [6.45, 7) is 6.68. The van der Waals surface area contributed by atoms with Crippen LogP contribution in [0.3, 0.4) is 0 Å². The van der Waals surface area contributed by atoms with E-state index in [0.29, 0.717) is 37.5 Å². The highest BCUT2D eigenvalue weighted by Gasteiger charge is 2.42. The molecule has 4 rings (SSSR count). The van der Waals surface area contributed by atoms with Crippen LogP contribution in [0.5, 0.6) is 0 Å². The fourth-order valence-corrected chi connectivity index (χ4v) is 5.39. The van der Waals surface area contributed by atoms with E-state index in [2.05, 4.69) is 15.1 Å². The molecule has 35 heavy (non-hydrogen) atoms. The number of carbonyl (C=O) groups excluding carboxylic acids is 2. The quantitative estimate of drug-likeness (QED) is 0.509. The number of amides is 2. The Kier molecular flexibility index (Phi) is 9.22. The number of carbonyl (C=O) groups is 2. The van der Waals surface area contributed by atoms with Crippen LogP contribution >= 0.6 is 11.3 Å². The van der Waals surface area contributed by atoms with Gasteiger partial charge in [0.25, 0.3) is 5.91 Å². The van der Waals surface area contributed by atoms with Gasteiger partial charge in [0.1, 0.15) is 11.9 Å². The van der Waals surface area contributed by atoms with E-state index in [1.165, 1.54) is 23.5 Å². The Balaban J connectivity index is 1.53. The molecule has 2 amide bonds. The van der Waals surface area contributed by atoms with Gasteiger partial charge in [-0.3, -0.25) is 19.4 Å². The van der Waals surface area contributed by atoms with Crippen LogP contribution in [0.2, 0.25) is 0 Å². The van der Waals surface area contributed by atoms with Gasteiger partial charge in [-0.2, -0.15) is 0 Å². The average Bonchev–Trinajstić information content (AvgIpc) is 3.57. The number of morpholine rings is 1. The van der Waals surface area contributed by atoms with Gasteiger partial charge >= 0.3 is 0 Å². The molecule has 0 saturated carbocycles. The van der Waals surface area contributed by atoms with Gasteiger partial charge in [-0.1, -0.05) is 18.2 Å². The molecule has 2 aliphatic rings. The molecule has 0 bridgehead atoms. The molecule has 0 spiro atoms. The third kappa shape index (κ3) is 6.86. The standard InChI is InChI=1S/C25H34FN5O3S/c26-20-5-3-19(4-6-20)17-30(10-9-29-11-13-34-14-12-29)21-16-22(24(32)28-8-7-27)31(18-21)25(33)23-2-1-15-35-23/h1-6,15,21-22H,7-14,16-18,27H2,(H,28,32). The summed E-state index contributed by atoms with van der Waals surface area (Å²) in [5, 5.41) is 4.74. The molecule has 2 atom stereocenters. The maximum absolute atomic E-state index is 13.5. The summed E-state index contributed by atoms with van der Waals surface area (Å²) in [7, 11) is 0. The summed E-state index contributed by atoms with van der Waals surface area (Å²) in [6, 6.07) is 9.62. The molecule has 3 heterocycles. The third-order valence-corrected chi connectivity index (χ3v) is 7.50. The van der Waals surface area contributed by atoms with Crippen LogP contribution in [-0.4, -0.2) is 97.6 Å². The first-order chi connectivity index (χ1) is 17.0. The van der Waals surface area contributed by atoms with Gasteiger partial charge in [-0.15, -0.1) is 11.3 Å². The Morgan fingerprint density at radius 3 is 2.66 bits per heavy atom. The molecule has 2 saturated heterocycles. The lowest BCUT2D eigenvalue weighted by molar-refractivity contribution is -0.124. The number of nitrogens with two attached hydrogens (primary N) is 1.